The first-order valence-corrected chi connectivity index (χ1v) is 7.20. The minimum atomic E-state index is -0.904. The van der Waals surface area contributed by atoms with Gasteiger partial charge in [0.2, 0.25) is 0 Å². The van der Waals surface area contributed by atoms with E-state index in [9.17, 15) is 9.59 Å². The molecule has 0 aliphatic rings. The van der Waals surface area contributed by atoms with E-state index in [2.05, 4.69) is 10.6 Å². The van der Waals surface area contributed by atoms with Crippen LogP contribution in [-0.4, -0.2) is 29.2 Å². The molecule has 0 aromatic carbocycles. The number of thiophene rings is 1. The molecule has 106 valence electrons. The Morgan fingerprint density at radius 3 is 2.68 bits per heavy atom. The average Bonchev–Trinajstić information content (AvgIpc) is 2.79. The van der Waals surface area contributed by atoms with E-state index in [0.29, 0.717) is 6.42 Å². The normalized spacial score (nSPS) is 13.6. The highest BCUT2D eigenvalue weighted by molar-refractivity contribution is 7.09. The fourth-order valence-corrected chi connectivity index (χ4v) is 2.58. The lowest BCUT2D eigenvalue weighted by molar-refractivity contribution is -0.137. The summed E-state index contributed by atoms with van der Waals surface area (Å²) in [5, 5.41) is 16.2. The van der Waals surface area contributed by atoms with Crippen LogP contribution < -0.4 is 10.6 Å². The number of carboxylic acids is 1. The van der Waals surface area contributed by atoms with Crippen molar-refractivity contribution in [2.24, 2.45) is 0 Å². The molecule has 0 fully saturated rings. The quantitative estimate of drug-likeness (QED) is 0.718. The Morgan fingerprint density at radius 1 is 1.42 bits per heavy atom. The van der Waals surface area contributed by atoms with Crippen LogP contribution in [0.2, 0.25) is 0 Å². The Kier molecular flexibility index (Phi) is 6.35. The summed E-state index contributed by atoms with van der Waals surface area (Å²) in [7, 11) is 0. The molecule has 1 aromatic rings. The van der Waals surface area contributed by atoms with Crippen LogP contribution in [0.5, 0.6) is 0 Å². The molecular formula is C13H20N2O3S. The number of carboxylic acid groups (broad SMARTS) is 1. The van der Waals surface area contributed by atoms with Crippen molar-refractivity contribution in [1.29, 1.82) is 0 Å². The Hall–Kier alpha value is -1.56. The van der Waals surface area contributed by atoms with Crippen LogP contribution >= 0.6 is 11.3 Å². The number of aliphatic carboxylic acids is 1. The van der Waals surface area contributed by atoms with Gasteiger partial charge in [0.15, 0.2) is 0 Å². The van der Waals surface area contributed by atoms with Crippen molar-refractivity contribution in [3.8, 4) is 0 Å². The lowest BCUT2D eigenvalue weighted by Crippen LogP contribution is -2.46. The largest absolute Gasteiger partial charge is 0.481 e. The molecule has 19 heavy (non-hydrogen) atoms. The summed E-state index contributed by atoms with van der Waals surface area (Å²) in [6, 6.07) is 3.39. The van der Waals surface area contributed by atoms with E-state index >= 15 is 0 Å². The molecule has 2 unspecified atom stereocenters. The minimum Gasteiger partial charge on any atom is -0.481 e. The molecule has 0 aliphatic heterocycles. The highest BCUT2D eigenvalue weighted by Crippen LogP contribution is 2.10. The van der Waals surface area contributed by atoms with Gasteiger partial charge in [-0.3, -0.25) is 4.79 Å². The van der Waals surface area contributed by atoms with Gasteiger partial charge < -0.3 is 15.7 Å². The summed E-state index contributed by atoms with van der Waals surface area (Å²) >= 11 is 1.66. The van der Waals surface area contributed by atoms with Crippen molar-refractivity contribution in [3.63, 3.8) is 0 Å². The maximum absolute atomic E-state index is 11.7. The molecule has 5 nitrogen and oxygen atoms in total. The minimum absolute atomic E-state index is 0.0148. The highest BCUT2D eigenvalue weighted by Gasteiger charge is 2.15. The molecule has 0 bridgehead atoms. The number of rotatable bonds is 7. The first kappa shape index (κ1) is 15.5. The van der Waals surface area contributed by atoms with Gasteiger partial charge in [-0.2, -0.15) is 0 Å². The fourth-order valence-electron chi connectivity index (χ4n) is 1.74. The van der Waals surface area contributed by atoms with Crippen LogP contribution in [0, 0.1) is 0 Å². The molecule has 2 amide bonds. The van der Waals surface area contributed by atoms with Crippen molar-refractivity contribution < 1.29 is 14.7 Å². The smallest absolute Gasteiger partial charge is 0.315 e. The van der Waals surface area contributed by atoms with Gasteiger partial charge in [-0.1, -0.05) is 13.0 Å². The molecule has 0 radical (unpaired) electrons. The van der Waals surface area contributed by atoms with Gasteiger partial charge in [0.05, 0.1) is 6.42 Å². The molecule has 0 aliphatic carbocycles. The van der Waals surface area contributed by atoms with Crippen molar-refractivity contribution >= 4 is 23.3 Å². The second kappa shape index (κ2) is 7.78. The van der Waals surface area contributed by atoms with Gasteiger partial charge in [0.25, 0.3) is 0 Å². The molecule has 1 rings (SSSR count). The topological polar surface area (TPSA) is 78.4 Å². The van der Waals surface area contributed by atoms with Crippen LogP contribution in [0.4, 0.5) is 4.79 Å². The lowest BCUT2D eigenvalue weighted by atomic mass is 10.1. The van der Waals surface area contributed by atoms with E-state index in [0.717, 1.165) is 6.42 Å². The fraction of sp³-hybridized carbons (Fsp3) is 0.538. The Bertz CT molecular complexity index is 406. The van der Waals surface area contributed by atoms with Gasteiger partial charge in [-0.05, 0) is 24.8 Å². The predicted molar refractivity (Wildman–Crippen MR) is 75.5 cm³/mol. The molecule has 3 N–H and O–H groups in total. The monoisotopic (exact) mass is 284 g/mol. The number of carbonyl (C=O) groups excluding carboxylic acids is 1. The van der Waals surface area contributed by atoms with Gasteiger partial charge in [0, 0.05) is 23.4 Å². The first-order valence-electron chi connectivity index (χ1n) is 6.32. The van der Waals surface area contributed by atoms with Crippen LogP contribution in [0.25, 0.3) is 0 Å². The number of nitrogens with one attached hydrogen (secondary N) is 2. The van der Waals surface area contributed by atoms with Gasteiger partial charge in [0.1, 0.15) is 0 Å². The Labute approximate surface area is 117 Å². The third-order valence-corrected chi connectivity index (χ3v) is 3.61. The van der Waals surface area contributed by atoms with E-state index in [4.69, 9.17) is 5.11 Å². The van der Waals surface area contributed by atoms with Gasteiger partial charge in [-0.25, -0.2) is 4.79 Å². The molecule has 1 aromatic heterocycles. The molecule has 6 heteroatoms. The molecule has 0 spiro atoms. The number of hydrogen-bond donors (Lipinski definition) is 3. The number of amides is 2. The SMILES string of the molecule is CCC(CC(=O)O)NC(=O)NC(C)Cc1cccs1. The van der Waals surface area contributed by atoms with Crippen LogP contribution in [0.1, 0.15) is 31.6 Å². The maximum Gasteiger partial charge on any atom is 0.315 e. The zero-order chi connectivity index (χ0) is 14.3. The summed E-state index contributed by atoms with van der Waals surface area (Å²) in [4.78, 5) is 23.5. The summed E-state index contributed by atoms with van der Waals surface area (Å²) in [5.41, 5.74) is 0. The lowest BCUT2D eigenvalue weighted by Gasteiger charge is -2.18. The van der Waals surface area contributed by atoms with Gasteiger partial charge in [-0.15, -0.1) is 11.3 Å². The summed E-state index contributed by atoms with van der Waals surface area (Å²) in [5.74, 6) is -0.904. The maximum atomic E-state index is 11.7. The number of carbonyl (C=O) groups is 2. The number of urea groups is 1. The van der Waals surface area contributed by atoms with Crippen LogP contribution in [0.3, 0.4) is 0 Å². The van der Waals surface area contributed by atoms with Gasteiger partial charge >= 0.3 is 12.0 Å². The second-order valence-corrected chi connectivity index (χ2v) is 5.54. The standard InChI is InChI=1S/C13H20N2O3S/c1-3-10(8-12(16)17)15-13(18)14-9(2)7-11-5-4-6-19-11/h4-6,9-10H,3,7-8H2,1-2H3,(H,16,17)(H2,14,15,18). The van der Waals surface area contributed by atoms with Crippen LogP contribution in [0.15, 0.2) is 17.5 Å². The average molecular weight is 284 g/mol. The first-order chi connectivity index (χ1) is 9.01. The second-order valence-electron chi connectivity index (χ2n) is 4.51. The molecule has 1 heterocycles. The van der Waals surface area contributed by atoms with Crippen molar-refractivity contribution in [1.82, 2.24) is 10.6 Å². The van der Waals surface area contributed by atoms with Crippen LogP contribution in [-0.2, 0) is 11.2 Å². The zero-order valence-corrected chi connectivity index (χ0v) is 12.0. The van der Waals surface area contributed by atoms with E-state index in [1.807, 2.05) is 31.4 Å². The third-order valence-electron chi connectivity index (χ3n) is 2.71. The van der Waals surface area contributed by atoms with Crippen molar-refractivity contribution in [2.45, 2.75) is 45.2 Å². The third kappa shape index (κ3) is 6.24. The molecular weight excluding hydrogens is 264 g/mol. The number of hydrogen-bond acceptors (Lipinski definition) is 3. The molecule has 0 saturated heterocycles. The van der Waals surface area contributed by atoms with E-state index in [1.54, 1.807) is 11.3 Å². The highest BCUT2D eigenvalue weighted by atomic mass is 32.1. The predicted octanol–water partition coefficient (Wildman–Crippen LogP) is 2.23. The van der Waals surface area contributed by atoms with E-state index in [1.165, 1.54) is 4.88 Å². The van der Waals surface area contributed by atoms with Crippen molar-refractivity contribution in [2.75, 3.05) is 0 Å². The molecule has 0 saturated carbocycles. The molecule has 2 atom stereocenters. The summed E-state index contributed by atoms with van der Waals surface area (Å²) in [6.45, 7) is 3.78. The summed E-state index contributed by atoms with van der Waals surface area (Å²) < 4.78 is 0. The summed E-state index contributed by atoms with van der Waals surface area (Å²) in [6.07, 6.45) is 1.32. The van der Waals surface area contributed by atoms with Crippen molar-refractivity contribution in [3.05, 3.63) is 22.4 Å². The van der Waals surface area contributed by atoms with E-state index < -0.39 is 5.97 Å². The zero-order valence-electron chi connectivity index (χ0n) is 11.2. The van der Waals surface area contributed by atoms with E-state index in [-0.39, 0.29) is 24.5 Å². The Balaban J connectivity index is 2.34. The Morgan fingerprint density at radius 2 is 2.16 bits per heavy atom.